The largest absolute Gasteiger partial charge is 0.507 e. The third-order valence-electron chi connectivity index (χ3n) is 10.1. The molecule has 1 aliphatic rings. The SMILES string of the molecule is CCCCCCCCCCCCc1ccc(O)c(-c2cccc3c2Cc2ccccc2-3)c1CCCCCCCCCCCC. The number of phenolic OH excluding ortho intramolecular Hbond substituents is 1. The number of fused-ring (bicyclic) bond motifs is 3. The van der Waals surface area contributed by atoms with Crippen molar-refractivity contribution in [3.05, 3.63) is 76.9 Å². The lowest BCUT2D eigenvalue weighted by Crippen LogP contribution is -2.01. The molecule has 0 saturated heterocycles. The second kappa shape index (κ2) is 19.8. The molecule has 0 bridgehead atoms. The zero-order chi connectivity index (χ0) is 30.8. The highest BCUT2D eigenvalue weighted by Gasteiger charge is 2.24. The second-order valence-electron chi connectivity index (χ2n) is 13.6. The molecule has 4 rings (SSSR count). The minimum Gasteiger partial charge on any atom is -0.507 e. The van der Waals surface area contributed by atoms with E-state index in [-0.39, 0.29) is 0 Å². The number of hydrogen-bond acceptors (Lipinski definition) is 1. The third kappa shape index (κ3) is 10.3. The van der Waals surface area contributed by atoms with E-state index in [1.165, 1.54) is 167 Å². The van der Waals surface area contributed by atoms with Gasteiger partial charge in [-0.1, -0.05) is 178 Å². The lowest BCUT2D eigenvalue weighted by molar-refractivity contribution is 0.476. The van der Waals surface area contributed by atoms with E-state index in [1.807, 2.05) is 6.07 Å². The molecule has 0 saturated carbocycles. The Bertz CT molecular complexity index is 1240. The molecule has 1 N–H and O–H groups in total. The number of aryl methyl sites for hydroxylation is 1. The Morgan fingerprint density at radius 2 is 0.977 bits per heavy atom. The summed E-state index contributed by atoms with van der Waals surface area (Å²) < 4.78 is 0. The molecule has 3 aromatic carbocycles. The standard InChI is InChI=1S/C43H62O/c1-3-5-7-9-11-13-15-17-19-21-26-35-32-33-42(44)43(38(35)29-22-20-18-16-14-12-10-8-6-4-2)40-31-25-30-39-37-28-24-23-27-36(37)34-41(39)40/h23-25,27-28,30-33,44H,3-22,26,29,34H2,1-2H3. The fourth-order valence-corrected chi connectivity index (χ4v) is 7.48. The lowest BCUT2D eigenvalue weighted by Gasteiger charge is -2.19. The summed E-state index contributed by atoms with van der Waals surface area (Å²) in [5, 5.41) is 11.4. The predicted molar refractivity (Wildman–Crippen MR) is 193 cm³/mol. The summed E-state index contributed by atoms with van der Waals surface area (Å²) in [6.45, 7) is 4.59. The van der Waals surface area contributed by atoms with Crippen LogP contribution in [0.5, 0.6) is 5.75 Å². The molecule has 0 fully saturated rings. The van der Waals surface area contributed by atoms with Gasteiger partial charge in [-0.25, -0.2) is 0 Å². The van der Waals surface area contributed by atoms with Crippen molar-refractivity contribution in [1.29, 1.82) is 0 Å². The van der Waals surface area contributed by atoms with Crippen LogP contribution in [0.2, 0.25) is 0 Å². The van der Waals surface area contributed by atoms with Crippen molar-refractivity contribution in [3.63, 3.8) is 0 Å². The molecular formula is C43H62O. The van der Waals surface area contributed by atoms with Gasteiger partial charge in [0.1, 0.15) is 5.75 Å². The Balaban J connectivity index is 1.41. The van der Waals surface area contributed by atoms with Crippen LogP contribution in [0.4, 0.5) is 0 Å². The first-order valence-electron chi connectivity index (χ1n) is 18.8. The summed E-state index contributed by atoms with van der Waals surface area (Å²) >= 11 is 0. The van der Waals surface area contributed by atoms with Crippen LogP contribution >= 0.6 is 0 Å². The van der Waals surface area contributed by atoms with E-state index >= 15 is 0 Å². The number of rotatable bonds is 23. The minimum atomic E-state index is 0.461. The first-order valence-corrected chi connectivity index (χ1v) is 18.8. The Kier molecular flexibility index (Phi) is 15.4. The van der Waals surface area contributed by atoms with Crippen molar-refractivity contribution in [1.82, 2.24) is 0 Å². The van der Waals surface area contributed by atoms with Gasteiger partial charge in [0, 0.05) is 5.56 Å². The molecule has 0 radical (unpaired) electrons. The van der Waals surface area contributed by atoms with Crippen LogP contribution in [0.15, 0.2) is 54.6 Å². The van der Waals surface area contributed by atoms with E-state index in [4.69, 9.17) is 0 Å². The Morgan fingerprint density at radius 3 is 1.59 bits per heavy atom. The van der Waals surface area contributed by atoms with Gasteiger partial charge < -0.3 is 5.11 Å². The van der Waals surface area contributed by atoms with Crippen LogP contribution in [-0.2, 0) is 19.3 Å². The molecule has 0 spiro atoms. The molecule has 1 nitrogen and oxygen atoms in total. The number of aromatic hydroxyl groups is 1. The first-order chi connectivity index (χ1) is 21.7. The molecule has 0 atom stereocenters. The zero-order valence-corrected chi connectivity index (χ0v) is 28.4. The van der Waals surface area contributed by atoms with E-state index in [1.54, 1.807) is 0 Å². The highest BCUT2D eigenvalue weighted by atomic mass is 16.3. The summed E-state index contributed by atoms with van der Waals surface area (Å²) in [5.74, 6) is 0.461. The van der Waals surface area contributed by atoms with Crippen molar-refractivity contribution in [2.75, 3.05) is 0 Å². The van der Waals surface area contributed by atoms with E-state index in [2.05, 4.69) is 62.4 Å². The fourth-order valence-electron chi connectivity index (χ4n) is 7.48. The quantitative estimate of drug-likeness (QED) is 0.0847. The van der Waals surface area contributed by atoms with Crippen molar-refractivity contribution < 1.29 is 5.11 Å². The van der Waals surface area contributed by atoms with Crippen LogP contribution in [0.25, 0.3) is 22.3 Å². The van der Waals surface area contributed by atoms with Gasteiger partial charge in [0.2, 0.25) is 0 Å². The highest BCUT2D eigenvalue weighted by Crippen LogP contribution is 2.45. The van der Waals surface area contributed by atoms with Crippen molar-refractivity contribution in [2.24, 2.45) is 0 Å². The van der Waals surface area contributed by atoms with Crippen molar-refractivity contribution >= 4 is 0 Å². The summed E-state index contributed by atoms with van der Waals surface area (Å²) in [5.41, 5.74) is 10.8. The Morgan fingerprint density at radius 1 is 0.477 bits per heavy atom. The topological polar surface area (TPSA) is 20.2 Å². The van der Waals surface area contributed by atoms with Gasteiger partial charge in [0.05, 0.1) is 0 Å². The smallest absolute Gasteiger partial charge is 0.123 e. The van der Waals surface area contributed by atoms with E-state index in [0.29, 0.717) is 5.75 Å². The average Bonchev–Trinajstić information content (AvgIpc) is 3.43. The molecule has 3 aromatic rings. The molecule has 1 aliphatic carbocycles. The molecule has 0 aromatic heterocycles. The summed E-state index contributed by atoms with van der Waals surface area (Å²) in [4.78, 5) is 0. The van der Waals surface area contributed by atoms with Gasteiger partial charge in [-0.05, 0) is 77.1 Å². The zero-order valence-electron chi connectivity index (χ0n) is 28.4. The molecule has 240 valence electrons. The van der Waals surface area contributed by atoms with Crippen molar-refractivity contribution in [2.45, 2.75) is 162 Å². The third-order valence-corrected chi connectivity index (χ3v) is 10.1. The van der Waals surface area contributed by atoms with Gasteiger partial charge in [0.25, 0.3) is 0 Å². The second-order valence-corrected chi connectivity index (χ2v) is 13.6. The molecular weight excluding hydrogens is 532 g/mol. The van der Waals surface area contributed by atoms with Gasteiger partial charge in [-0.3, -0.25) is 0 Å². The van der Waals surface area contributed by atoms with Gasteiger partial charge in [-0.15, -0.1) is 0 Å². The van der Waals surface area contributed by atoms with Gasteiger partial charge >= 0.3 is 0 Å². The van der Waals surface area contributed by atoms with Crippen LogP contribution in [0.3, 0.4) is 0 Å². The molecule has 44 heavy (non-hydrogen) atoms. The highest BCUT2D eigenvalue weighted by molar-refractivity contribution is 5.87. The Hall–Kier alpha value is -2.54. The molecule has 0 unspecified atom stereocenters. The molecule has 0 aliphatic heterocycles. The van der Waals surface area contributed by atoms with E-state index < -0.39 is 0 Å². The summed E-state index contributed by atoms with van der Waals surface area (Å²) in [7, 11) is 0. The molecule has 0 amide bonds. The van der Waals surface area contributed by atoms with E-state index in [9.17, 15) is 5.11 Å². The maximum absolute atomic E-state index is 11.4. The monoisotopic (exact) mass is 594 g/mol. The maximum atomic E-state index is 11.4. The summed E-state index contributed by atoms with van der Waals surface area (Å²) in [6, 6.07) is 19.8. The molecule has 0 heterocycles. The normalized spacial score (nSPS) is 12.0. The van der Waals surface area contributed by atoms with Gasteiger partial charge in [0.15, 0.2) is 0 Å². The van der Waals surface area contributed by atoms with Crippen LogP contribution < -0.4 is 0 Å². The first kappa shape index (κ1) is 34.3. The number of benzene rings is 3. The predicted octanol–water partition coefficient (Wildman–Crippen LogP) is 13.6. The van der Waals surface area contributed by atoms with E-state index in [0.717, 1.165) is 24.8 Å². The number of hydrogen-bond donors (Lipinski definition) is 1. The fraction of sp³-hybridized carbons (Fsp3) is 0.581. The van der Waals surface area contributed by atoms with Crippen LogP contribution in [0, 0.1) is 0 Å². The molecule has 1 heteroatoms. The minimum absolute atomic E-state index is 0.461. The van der Waals surface area contributed by atoms with Crippen LogP contribution in [0.1, 0.15) is 165 Å². The van der Waals surface area contributed by atoms with Crippen LogP contribution in [-0.4, -0.2) is 5.11 Å². The average molecular weight is 595 g/mol. The Labute approximate surface area is 270 Å². The number of phenols is 1. The lowest BCUT2D eigenvalue weighted by atomic mass is 9.86. The number of unbranched alkanes of at least 4 members (excludes halogenated alkanes) is 18. The van der Waals surface area contributed by atoms with Gasteiger partial charge in [-0.2, -0.15) is 0 Å². The summed E-state index contributed by atoms with van der Waals surface area (Å²) in [6.07, 6.45) is 30.4. The van der Waals surface area contributed by atoms with Crippen molar-refractivity contribution in [3.8, 4) is 28.0 Å². The maximum Gasteiger partial charge on any atom is 0.123 e.